The summed E-state index contributed by atoms with van der Waals surface area (Å²) in [5.41, 5.74) is 29.5. The van der Waals surface area contributed by atoms with Crippen LogP contribution in [-0.4, -0.2) is 0 Å². The van der Waals surface area contributed by atoms with Gasteiger partial charge in [-0.25, -0.2) is 0 Å². The molecule has 0 spiro atoms. The molecule has 1 heterocycles. The molecule has 66 heavy (non-hydrogen) atoms. The highest BCUT2D eigenvalue weighted by atomic mass is 15.2. The zero-order valence-electron chi connectivity index (χ0n) is 39.2. The van der Waals surface area contributed by atoms with Crippen molar-refractivity contribution in [2.24, 2.45) is 0 Å². The van der Waals surface area contributed by atoms with E-state index in [2.05, 4.69) is 230 Å². The maximum absolute atomic E-state index is 2.71. The lowest BCUT2D eigenvalue weighted by Gasteiger charge is -2.41. The van der Waals surface area contributed by atoms with Gasteiger partial charge in [0.1, 0.15) is 0 Å². The largest absolute Gasteiger partial charge is 0.309 e. The fraction of sp³-hybridized carbons (Fsp3) is 0.200. The molecule has 0 amide bonds. The second kappa shape index (κ2) is 12.5. The zero-order valence-corrected chi connectivity index (χ0v) is 39.2. The number of hydrogen-bond donors (Lipinski definition) is 0. The highest BCUT2D eigenvalue weighted by molar-refractivity contribution is 6.12. The minimum absolute atomic E-state index is 0.0356. The summed E-state index contributed by atoms with van der Waals surface area (Å²) >= 11 is 0. The Morgan fingerprint density at radius 2 is 0.712 bits per heavy atom. The predicted octanol–water partition coefficient (Wildman–Crippen LogP) is 17.0. The van der Waals surface area contributed by atoms with Gasteiger partial charge >= 0.3 is 0 Å². The zero-order chi connectivity index (χ0) is 44.8. The minimum atomic E-state index is -0.239. The van der Waals surface area contributed by atoms with E-state index in [1.807, 2.05) is 0 Å². The standard InChI is InChI=1S/C65H53N/c1-62(2)50-28-18-15-23-39(50)44-31-54-46(32-52(44)62)61-42-26-13-12-25-41(42)58(36-56(61)65(54,7)8)66-57-34-45-40-24-16-19-29-51(40)63(3,4)53(45)33-48(57)60(37-20-10-9-11-21-37)47-30-43-38-22-14-17-27-49(38)64(5,6)55(43)35-59(47)66/h9-36,60H,1-8H3. The number of rotatable bonds is 2. The number of nitrogens with zero attached hydrogens (tertiary/aromatic N) is 1. The molecule has 1 unspecified atom stereocenters. The van der Waals surface area contributed by atoms with Gasteiger partial charge in [-0.15, -0.1) is 0 Å². The molecule has 9 aromatic carbocycles. The van der Waals surface area contributed by atoms with E-state index in [9.17, 15) is 0 Å². The molecule has 5 aliphatic rings. The Hall–Kier alpha value is -6.96. The Morgan fingerprint density at radius 3 is 1.33 bits per heavy atom. The fourth-order valence-electron chi connectivity index (χ4n) is 13.9. The van der Waals surface area contributed by atoms with Crippen LogP contribution < -0.4 is 4.90 Å². The first kappa shape index (κ1) is 38.3. The van der Waals surface area contributed by atoms with Gasteiger partial charge in [-0.3, -0.25) is 0 Å². The Kier molecular flexibility index (Phi) is 7.24. The van der Waals surface area contributed by atoms with Crippen LogP contribution in [0.15, 0.2) is 170 Å². The van der Waals surface area contributed by atoms with E-state index in [-0.39, 0.29) is 27.6 Å². The van der Waals surface area contributed by atoms with Crippen molar-refractivity contribution in [2.75, 3.05) is 4.90 Å². The molecule has 1 heteroatoms. The Balaban J connectivity index is 1.09. The van der Waals surface area contributed by atoms with Crippen molar-refractivity contribution >= 4 is 27.8 Å². The van der Waals surface area contributed by atoms with Crippen LogP contribution in [0, 0.1) is 0 Å². The summed E-state index contributed by atoms with van der Waals surface area (Å²) in [5, 5.41) is 2.60. The van der Waals surface area contributed by atoms with E-state index in [1.165, 1.54) is 134 Å². The summed E-state index contributed by atoms with van der Waals surface area (Å²) in [6.07, 6.45) is 0. The van der Waals surface area contributed by atoms with Crippen molar-refractivity contribution in [3.8, 4) is 44.5 Å². The smallest absolute Gasteiger partial charge is 0.0543 e. The average molecular weight is 848 g/mol. The molecule has 0 fully saturated rings. The first-order chi connectivity index (χ1) is 31.8. The molecule has 0 aromatic heterocycles. The molecule has 1 atom stereocenters. The summed E-state index contributed by atoms with van der Waals surface area (Å²) < 4.78 is 0. The molecular formula is C65H53N. The number of benzene rings is 9. The average Bonchev–Trinajstić information content (AvgIpc) is 3.88. The minimum Gasteiger partial charge on any atom is -0.309 e. The molecular weight excluding hydrogens is 795 g/mol. The first-order valence-corrected chi connectivity index (χ1v) is 24.0. The lowest BCUT2D eigenvalue weighted by molar-refractivity contribution is 0.652. The van der Waals surface area contributed by atoms with Gasteiger partial charge in [-0.05, 0) is 147 Å². The van der Waals surface area contributed by atoms with Crippen LogP contribution in [0.3, 0.4) is 0 Å². The number of anilines is 3. The van der Waals surface area contributed by atoms with Crippen molar-refractivity contribution in [1.29, 1.82) is 0 Å². The SMILES string of the molecule is CC1(C)c2ccccc2-c2cc3c(cc21)-c1c(cc(N2c4cc5c(cc4C(c4ccccc4)c4cc6c(cc42)C(C)(C)c2ccccc2-6)C(C)(C)c2ccccc2-5)c2ccccc12)C3(C)C. The van der Waals surface area contributed by atoms with Gasteiger partial charge in [0, 0.05) is 33.0 Å². The molecule has 0 radical (unpaired) electrons. The topological polar surface area (TPSA) is 3.24 Å². The Morgan fingerprint density at radius 1 is 0.303 bits per heavy atom. The number of hydrogen-bond acceptors (Lipinski definition) is 1. The molecule has 318 valence electrons. The summed E-state index contributed by atoms with van der Waals surface area (Å²) in [4.78, 5) is 2.71. The molecule has 4 aliphatic carbocycles. The maximum Gasteiger partial charge on any atom is 0.0543 e. The molecule has 1 aliphatic heterocycles. The van der Waals surface area contributed by atoms with Gasteiger partial charge in [-0.1, -0.05) is 189 Å². The van der Waals surface area contributed by atoms with Crippen molar-refractivity contribution < 1.29 is 0 Å². The van der Waals surface area contributed by atoms with Gasteiger partial charge < -0.3 is 4.90 Å². The quantitative estimate of drug-likeness (QED) is 0.168. The summed E-state index contributed by atoms with van der Waals surface area (Å²) in [6, 6.07) is 66.1. The van der Waals surface area contributed by atoms with Crippen LogP contribution in [-0.2, 0) is 21.7 Å². The van der Waals surface area contributed by atoms with Crippen LogP contribution in [0.5, 0.6) is 0 Å². The number of fused-ring (bicyclic) bond motifs is 16. The van der Waals surface area contributed by atoms with Crippen molar-refractivity contribution in [2.45, 2.75) is 83.0 Å². The summed E-state index contributed by atoms with van der Waals surface area (Å²) in [6.45, 7) is 19.4. The van der Waals surface area contributed by atoms with Crippen molar-refractivity contribution in [3.05, 3.63) is 231 Å². The molecule has 0 saturated heterocycles. The highest BCUT2D eigenvalue weighted by Gasteiger charge is 2.46. The lowest BCUT2D eigenvalue weighted by Crippen LogP contribution is -2.25. The fourth-order valence-corrected chi connectivity index (χ4v) is 13.9. The van der Waals surface area contributed by atoms with E-state index < -0.39 is 0 Å². The van der Waals surface area contributed by atoms with Crippen LogP contribution in [0.25, 0.3) is 55.3 Å². The van der Waals surface area contributed by atoms with E-state index in [1.54, 1.807) is 0 Å². The molecule has 0 saturated carbocycles. The van der Waals surface area contributed by atoms with Gasteiger partial charge in [0.25, 0.3) is 0 Å². The van der Waals surface area contributed by atoms with E-state index >= 15 is 0 Å². The molecule has 9 aromatic rings. The third kappa shape index (κ3) is 4.61. The normalized spacial score (nSPS) is 18.3. The summed E-state index contributed by atoms with van der Waals surface area (Å²) in [5.74, 6) is 0.0356. The van der Waals surface area contributed by atoms with E-state index in [0.717, 1.165) is 0 Å². The van der Waals surface area contributed by atoms with Gasteiger partial charge in [0.2, 0.25) is 0 Å². The first-order valence-electron chi connectivity index (χ1n) is 24.0. The second-order valence-electron chi connectivity index (χ2n) is 22.0. The summed E-state index contributed by atoms with van der Waals surface area (Å²) in [7, 11) is 0. The Labute approximate surface area is 389 Å². The monoisotopic (exact) mass is 847 g/mol. The lowest BCUT2D eigenvalue weighted by atomic mass is 9.74. The van der Waals surface area contributed by atoms with E-state index in [4.69, 9.17) is 0 Å². The van der Waals surface area contributed by atoms with Crippen LogP contribution >= 0.6 is 0 Å². The van der Waals surface area contributed by atoms with Gasteiger partial charge in [0.15, 0.2) is 0 Å². The second-order valence-corrected chi connectivity index (χ2v) is 22.0. The molecule has 14 rings (SSSR count). The van der Waals surface area contributed by atoms with Gasteiger partial charge in [-0.2, -0.15) is 0 Å². The van der Waals surface area contributed by atoms with Crippen molar-refractivity contribution in [1.82, 2.24) is 0 Å². The van der Waals surface area contributed by atoms with Crippen molar-refractivity contribution in [3.63, 3.8) is 0 Å². The van der Waals surface area contributed by atoms with Crippen LogP contribution in [0.1, 0.15) is 123 Å². The maximum atomic E-state index is 2.71. The molecule has 0 bridgehead atoms. The molecule has 0 N–H and O–H groups in total. The predicted molar refractivity (Wildman–Crippen MR) is 276 cm³/mol. The molecule has 1 nitrogen and oxygen atoms in total. The highest BCUT2D eigenvalue weighted by Crippen LogP contribution is 2.63. The van der Waals surface area contributed by atoms with E-state index in [0.29, 0.717) is 0 Å². The third-order valence-corrected chi connectivity index (χ3v) is 17.3. The third-order valence-electron chi connectivity index (χ3n) is 17.3. The van der Waals surface area contributed by atoms with Crippen LogP contribution in [0.4, 0.5) is 17.1 Å². The van der Waals surface area contributed by atoms with Crippen LogP contribution in [0.2, 0.25) is 0 Å². The Bertz CT molecular complexity index is 3650. The van der Waals surface area contributed by atoms with Gasteiger partial charge in [0.05, 0.1) is 17.1 Å².